The molecule has 2 aromatic rings. The van der Waals surface area contributed by atoms with Gasteiger partial charge in [0.1, 0.15) is 0 Å². The van der Waals surface area contributed by atoms with Crippen LogP contribution in [0.4, 0.5) is 11.4 Å². The summed E-state index contributed by atoms with van der Waals surface area (Å²) < 4.78 is 0. The zero-order chi connectivity index (χ0) is 13.0. The number of halogens is 1. The lowest BCUT2D eigenvalue weighted by Gasteiger charge is -2.14. The third-order valence-corrected chi connectivity index (χ3v) is 2.98. The van der Waals surface area contributed by atoms with Crippen LogP contribution in [0.1, 0.15) is 11.7 Å². The summed E-state index contributed by atoms with van der Waals surface area (Å²) in [5, 5.41) is 13.8. The summed E-state index contributed by atoms with van der Waals surface area (Å²) in [5.74, 6) is 0. The second-order valence-corrected chi connectivity index (χ2v) is 4.45. The number of nitrogens with two attached hydrogens (primary N) is 1. The van der Waals surface area contributed by atoms with E-state index in [-0.39, 0.29) is 0 Å². The molecule has 0 radical (unpaired) electrons. The number of aliphatic hydroxyl groups excluding tert-OH is 1. The molecule has 0 aliphatic heterocycles. The van der Waals surface area contributed by atoms with E-state index in [4.69, 9.17) is 17.3 Å². The zero-order valence-corrected chi connectivity index (χ0v) is 10.6. The first-order valence-corrected chi connectivity index (χ1v) is 6.06. The normalized spacial score (nSPS) is 12.1. The van der Waals surface area contributed by atoms with Gasteiger partial charge in [-0.15, -0.1) is 0 Å². The van der Waals surface area contributed by atoms with Crippen LogP contribution in [0, 0.1) is 0 Å². The Hall–Kier alpha value is -1.71. The molecule has 94 valence electrons. The van der Waals surface area contributed by atoms with E-state index in [1.807, 2.05) is 30.3 Å². The highest BCUT2D eigenvalue weighted by molar-refractivity contribution is 6.33. The molecule has 0 fully saturated rings. The van der Waals surface area contributed by atoms with Crippen LogP contribution in [-0.2, 0) is 0 Å². The lowest BCUT2D eigenvalue weighted by molar-refractivity contribution is 0.191. The number of nitrogens with one attached hydrogen (secondary N) is 1. The van der Waals surface area contributed by atoms with E-state index in [1.165, 1.54) is 0 Å². The van der Waals surface area contributed by atoms with Crippen molar-refractivity contribution < 1.29 is 5.11 Å². The van der Waals surface area contributed by atoms with Crippen molar-refractivity contribution in [2.75, 3.05) is 17.6 Å². The smallest absolute Gasteiger partial charge is 0.0963 e. The highest BCUT2D eigenvalue weighted by Gasteiger charge is 2.08. The van der Waals surface area contributed by atoms with Crippen molar-refractivity contribution in [2.45, 2.75) is 6.10 Å². The first-order chi connectivity index (χ1) is 8.66. The van der Waals surface area contributed by atoms with Crippen LogP contribution in [0.15, 0.2) is 48.5 Å². The molecule has 0 aromatic heterocycles. The van der Waals surface area contributed by atoms with Crippen LogP contribution >= 0.6 is 11.6 Å². The highest BCUT2D eigenvalue weighted by Crippen LogP contribution is 2.22. The minimum atomic E-state index is -0.621. The Balaban J connectivity index is 2.00. The minimum Gasteiger partial charge on any atom is -0.399 e. The Kier molecular flexibility index (Phi) is 4.07. The Morgan fingerprint density at radius 3 is 2.67 bits per heavy atom. The molecule has 0 heterocycles. The number of aliphatic hydroxyl groups is 1. The molecule has 1 atom stereocenters. The van der Waals surface area contributed by atoms with Gasteiger partial charge in [0, 0.05) is 12.2 Å². The summed E-state index contributed by atoms with van der Waals surface area (Å²) in [6, 6.07) is 14.6. The monoisotopic (exact) mass is 262 g/mol. The van der Waals surface area contributed by atoms with Crippen LogP contribution in [0.5, 0.6) is 0 Å². The Morgan fingerprint density at radius 1 is 1.17 bits per heavy atom. The van der Waals surface area contributed by atoms with Crippen molar-refractivity contribution in [1.29, 1.82) is 0 Å². The molecule has 0 amide bonds. The molecule has 2 aromatic carbocycles. The maximum absolute atomic E-state index is 10.0. The van der Waals surface area contributed by atoms with Crippen molar-refractivity contribution >= 4 is 23.0 Å². The van der Waals surface area contributed by atoms with Gasteiger partial charge in [-0.2, -0.15) is 0 Å². The number of anilines is 2. The van der Waals surface area contributed by atoms with E-state index in [2.05, 4.69) is 5.32 Å². The average Bonchev–Trinajstić information content (AvgIpc) is 2.37. The van der Waals surface area contributed by atoms with Crippen LogP contribution < -0.4 is 11.1 Å². The summed E-state index contributed by atoms with van der Waals surface area (Å²) in [4.78, 5) is 0. The maximum Gasteiger partial charge on any atom is 0.0963 e. The fourth-order valence-corrected chi connectivity index (χ4v) is 1.90. The van der Waals surface area contributed by atoms with Crippen LogP contribution in [-0.4, -0.2) is 11.7 Å². The van der Waals surface area contributed by atoms with Gasteiger partial charge in [-0.05, 0) is 29.8 Å². The number of rotatable bonds is 4. The van der Waals surface area contributed by atoms with Crippen molar-refractivity contribution in [3.8, 4) is 0 Å². The number of benzene rings is 2. The van der Waals surface area contributed by atoms with Crippen molar-refractivity contribution in [1.82, 2.24) is 0 Å². The SMILES string of the molecule is Nc1cccc(C(O)CNc2ccccc2Cl)c1. The Morgan fingerprint density at radius 2 is 1.94 bits per heavy atom. The van der Waals surface area contributed by atoms with Crippen molar-refractivity contribution in [3.05, 3.63) is 59.1 Å². The molecule has 0 saturated carbocycles. The predicted molar refractivity (Wildman–Crippen MR) is 75.8 cm³/mol. The molecule has 0 aliphatic rings. The number of nitrogen functional groups attached to an aromatic ring is 1. The van der Waals surface area contributed by atoms with E-state index < -0.39 is 6.10 Å². The second-order valence-electron chi connectivity index (χ2n) is 4.05. The molecule has 4 N–H and O–H groups in total. The molecular formula is C14H15ClN2O. The quantitative estimate of drug-likeness (QED) is 0.742. The van der Waals surface area contributed by atoms with Crippen molar-refractivity contribution in [2.24, 2.45) is 0 Å². The van der Waals surface area contributed by atoms with E-state index >= 15 is 0 Å². The van der Waals surface area contributed by atoms with Gasteiger partial charge in [-0.3, -0.25) is 0 Å². The summed E-state index contributed by atoms with van der Waals surface area (Å²) in [6.45, 7) is 0.382. The van der Waals surface area contributed by atoms with Gasteiger partial charge >= 0.3 is 0 Å². The predicted octanol–water partition coefficient (Wildman–Crippen LogP) is 3.07. The van der Waals surface area contributed by atoms with Gasteiger partial charge < -0.3 is 16.2 Å². The Labute approximate surface area is 111 Å². The van der Waals surface area contributed by atoms with Gasteiger partial charge in [0.2, 0.25) is 0 Å². The lowest BCUT2D eigenvalue weighted by Crippen LogP contribution is -2.12. The largest absolute Gasteiger partial charge is 0.399 e. The fraction of sp³-hybridized carbons (Fsp3) is 0.143. The molecule has 0 aliphatic carbocycles. The number of para-hydroxylation sites is 1. The maximum atomic E-state index is 10.0. The van der Waals surface area contributed by atoms with Gasteiger partial charge in [-0.25, -0.2) is 0 Å². The summed E-state index contributed by atoms with van der Waals surface area (Å²) >= 11 is 6.01. The van der Waals surface area contributed by atoms with E-state index in [1.54, 1.807) is 18.2 Å². The van der Waals surface area contributed by atoms with Gasteiger partial charge in [0.25, 0.3) is 0 Å². The first-order valence-electron chi connectivity index (χ1n) is 5.69. The molecule has 4 heteroatoms. The molecule has 1 unspecified atom stereocenters. The van der Waals surface area contributed by atoms with E-state index in [0.29, 0.717) is 17.3 Å². The molecule has 3 nitrogen and oxygen atoms in total. The zero-order valence-electron chi connectivity index (χ0n) is 9.81. The first kappa shape index (κ1) is 12.7. The topological polar surface area (TPSA) is 58.3 Å². The average molecular weight is 263 g/mol. The van der Waals surface area contributed by atoms with Crippen molar-refractivity contribution in [3.63, 3.8) is 0 Å². The number of hydrogen-bond donors (Lipinski definition) is 3. The molecule has 0 saturated heterocycles. The summed E-state index contributed by atoms with van der Waals surface area (Å²) in [5.41, 5.74) is 7.91. The standard InChI is InChI=1S/C14H15ClN2O/c15-12-6-1-2-7-13(12)17-9-14(18)10-4-3-5-11(16)8-10/h1-8,14,17-18H,9,16H2. The number of hydrogen-bond acceptors (Lipinski definition) is 3. The fourth-order valence-electron chi connectivity index (χ4n) is 1.70. The van der Waals surface area contributed by atoms with Gasteiger partial charge in [0.05, 0.1) is 16.8 Å². The molecule has 0 bridgehead atoms. The highest BCUT2D eigenvalue weighted by atomic mass is 35.5. The molecular weight excluding hydrogens is 248 g/mol. The molecule has 2 rings (SSSR count). The van der Waals surface area contributed by atoms with Crippen LogP contribution in [0.2, 0.25) is 5.02 Å². The molecule has 0 spiro atoms. The third-order valence-electron chi connectivity index (χ3n) is 2.66. The van der Waals surface area contributed by atoms with Crippen LogP contribution in [0.3, 0.4) is 0 Å². The van der Waals surface area contributed by atoms with Gasteiger partial charge in [0.15, 0.2) is 0 Å². The molecule has 18 heavy (non-hydrogen) atoms. The van der Waals surface area contributed by atoms with Crippen LogP contribution in [0.25, 0.3) is 0 Å². The third kappa shape index (κ3) is 3.15. The lowest BCUT2D eigenvalue weighted by atomic mass is 10.1. The summed E-state index contributed by atoms with van der Waals surface area (Å²) in [7, 11) is 0. The van der Waals surface area contributed by atoms with E-state index in [9.17, 15) is 5.11 Å². The second kappa shape index (κ2) is 5.76. The Bertz CT molecular complexity index is 531. The van der Waals surface area contributed by atoms with E-state index in [0.717, 1.165) is 11.3 Å². The minimum absolute atomic E-state index is 0.382. The summed E-state index contributed by atoms with van der Waals surface area (Å²) in [6.07, 6.45) is -0.621. The van der Waals surface area contributed by atoms with Gasteiger partial charge in [-0.1, -0.05) is 35.9 Å².